The molecule has 5 nitrogen and oxygen atoms in total. The minimum absolute atomic E-state index is 0.415. The average molecular weight is 313 g/mol. The van der Waals surface area contributed by atoms with Gasteiger partial charge in [0.25, 0.3) is 0 Å². The molecule has 1 aromatic carbocycles. The van der Waals surface area contributed by atoms with Gasteiger partial charge in [-0.2, -0.15) is 0 Å². The van der Waals surface area contributed by atoms with Crippen molar-refractivity contribution in [2.75, 3.05) is 32.2 Å². The Labute approximate surface area is 137 Å². The minimum Gasteiger partial charge on any atom is -0.497 e. The average Bonchev–Trinajstić information content (AvgIpc) is 3.14. The summed E-state index contributed by atoms with van der Waals surface area (Å²) in [7, 11) is 1.69. The fraction of sp³-hybridized carbons (Fsp3) is 0.444. The van der Waals surface area contributed by atoms with Gasteiger partial charge in [-0.1, -0.05) is 12.1 Å². The van der Waals surface area contributed by atoms with Gasteiger partial charge in [0, 0.05) is 25.1 Å². The van der Waals surface area contributed by atoms with Crippen LogP contribution < -0.4 is 10.1 Å². The quantitative estimate of drug-likeness (QED) is 0.796. The summed E-state index contributed by atoms with van der Waals surface area (Å²) >= 11 is 0. The van der Waals surface area contributed by atoms with E-state index in [0.717, 1.165) is 56.3 Å². The number of ether oxygens (including phenoxy) is 2. The monoisotopic (exact) mass is 313 g/mol. The van der Waals surface area contributed by atoms with Crippen molar-refractivity contribution < 1.29 is 9.47 Å². The molecule has 1 fully saturated rings. The first-order chi connectivity index (χ1) is 11.3. The van der Waals surface area contributed by atoms with Gasteiger partial charge in [0.2, 0.25) is 0 Å². The van der Waals surface area contributed by atoms with Crippen molar-refractivity contribution in [3.8, 4) is 5.75 Å². The molecule has 0 bridgehead atoms. The lowest BCUT2D eigenvalue weighted by atomic mass is 10.1. The summed E-state index contributed by atoms with van der Waals surface area (Å²) in [5.74, 6) is 2.21. The van der Waals surface area contributed by atoms with Gasteiger partial charge in [0.05, 0.1) is 19.4 Å². The van der Waals surface area contributed by atoms with Crippen LogP contribution >= 0.6 is 0 Å². The normalized spacial score (nSPS) is 17.2. The molecule has 1 saturated heterocycles. The highest BCUT2D eigenvalue weighted by molar-refractivity contribution is 5.36. The Kier molecular flexibility index (Phi) is 5.42. The van der Waals surface area contributed by atoms with E-state index in [0.29, 0.717) is 5.92 Å². The Hall–Kier alpha value is -2.14. The number of rotatable bonds is 7. The fourth-order valence-corrected chi connectivity index (χ4v) is 2.76. The summed E-state index contributed by atoms with van der Waals surface area (Å²) < 4.78 is 10.6. The molecule has 0 saturated carbocycles. The number of benzene rings is 1. The number of anilines is 1. The van der Waals surface area contributed by atoms with Gasteiger partial charge in [0.1, 0.15) is 17.9 Å². The van der Waals surface area contributed by atoms with Gasteiger partial charge in [-0.3, -0.25) is 0 Å². The molecule has 1 N–H and O–H groups in total. The largest absolute Gasteiger partial charge is 0.497 e. The van der Waals surface area contributed by atoms with Crippen LogP contribution in [-0.2, 0) is 11.2 Å². The highest BCUT2D eigenvalue weighted by atomic mass is 16.5. The van der Waals surface area contributed by atoms with Crippen LogP contribution in [0.3, 0.4) is 0 Å². The first-order valence-electron chi connectivity index (χ1n) is 8.11. The van der Waals surface area contributed by atoms with E-state index < -0.39 is 0 Å². The second-order valence-electron chi connectivity index (χ2n) is 5.77. The van der Waals surface area contributed by atoms with Crippen molar-refractivity contribution in [2.24, 2.45) is 0 Å². The number of hydrogen-bond acceptors (Lipinski definition) is 5. The number of nitrogens with zero attached hydrogens (tertiary/aromatic N) is 2. The molecule has 122 valence electrons. The summed E-state index contributed by atoms with van der Waals surface area (Å²) in [6, 6.07) is 10.3. The molecule has 0 radical (unpaired) electrons. The van der Waals surface area contributed by atoms with E-state index in [1.165, 1.54) is 5.56 Å². The highest BCUT2D eigenvalue weighted by Gasteiger charge is 2.19. The Morgan fingerprint density at radius 1 is 1.26 bits per heavy atom. The maximum Gasteiger partial charge on any atom is 0.129 e. The third-order valence-electron chi connectivity index (χ3n) is 4.14. The van der Waals surface area contributed by atoms with Crippen LogP contribution in [0.1, 0.15) is 30.0 Å². The van der Waals surface area contributed by atoms with E-state index in [4.69, 9.17) is 9.47 Å². The van der Waals surface area contributed by atoms with Crippen molar-refractivity contribution in [1.29, 1.82) is 0 Å². The van der Waals surface area contributed by atoms with Crippen LogP contribution in [0.5, 0.6) is 5.75 Å². The summed E-state index contributed by atoms with van der Waals surface area (Å²) in [6.07, 6.45) is 4.77. The first-order valence-corrected chi connectivity index (χ1v) is 8.11. The van der Waals surface area contributed by atoms with Crippen molar-refractivity contribution in [2.45, 2.75) is 25.2 Å². The van der Waals surface area contributed by atoms with Crippen LogP contribution in [0.4, 0.5) is 5.82 Å². The number of aryl methyl sites for hydroxylation is 1. The Bertz CT molecular complexity index is 610. The van der Waals surface area contributed by atoms with Crippen LogP contribution in [0.25, 0.3) is 0 Å². The third-order valence-corrected chi connectivity index (χ3v) is 4.14. The molecule has 5 heteroatoms. The molecule has 1 aromatic heterocycles. The molecule has 23 heavy (non-hydrogen) atoms. The van der Waals surface area contributed by atoms with E-state index in [9.17, 15) is 0 Å². The maximum absolute atomic E-state index is 5.43. The molecule has 3 rings (SSSR count). The molecular weight excluding hydrogens is 290 g/mol. The topological polar surface area (TPSA) is 56.3 Å². The molecule has 2 heterocycles. The lowest BCUT2D eigenvalue weighted by molar-refractivity contribution is 0.193. The van der Waals surface area contributed by atoms with Gasteiger partial charge < -0.3 is 14.8 Å². The molecule has 0 unspecified atom stereocenters. The van der Waals surface area contributed by atoms with E-state index in [1.807, 2.05) is 18.2 Å². The molecule has 1 aliphatic rings. The standard InChI is InChI=1S/C18H23N3O2/c1-22-16-6-4-14(5-7-16)3-2-9-19-18-11-17(20-13-21-18)15-8-10-23-12-15/h4-7,11,13,15H,2-3,8-10,12H2,1H3,(H,19,20,21)/t15-/m1/s1. The number of hydrogen-bond donors (Lipinski definition) is 1. The second kappa shape index (κ2) is 7.92. The van der Waals surface area contributed by atoms with Crippen molar-refractivity contribution in [1.82, 2.24) is 9.97 Å². The van der Waals surface area contributed by atoms with Crippen LogP contribution in [0.2, 0.25) is 0 Å². The van der Waals surface area contributed by atoms with E-state index in [2.05, 4.69) is 27.4 Å². The van der Waals surface area contributed by atoms with Gasteiger partial charge in [-0.25, -0.2) is 9.97 Å². The van der Waals surface area contributed by atoms with Gasteiger partial charge in [-0.15, -0.1) is 0 Å². The zero-order chi connectivity index (χ0) is 15.9. The van der Waals surface area contributed by atoms with Gasteiger partial charge >= 0.3 is 0 Å². The lowest BCUT2D eigenvalue weighted by Gasteiger charge is -2.10. The van der Waals surface area contributed by atoms with E-state index in [-0.39, 0.29) is 0 Å². The first kappa shape index (κ1) is 15.7. The predicted octanol–water partition coefficient (Wildman–Crippen LogP) is 3.03. The van der Waals surface area contributed by atoms with Crippen molar-refractivity contribution in [3.05, 3.63) is 47.9 Å². The van der Waals surface area contributed by atoms with Gasteiger partial charge in [0.15, 0.2) is 0 Å². The molecule has 0 spiro atoms. The zero-order valence-corrected chi connectivity index (χ0v) is 13.5. The summed E-state index contributed by atoms with van der Waals surface area (Å²) in [5, 5.41) is 3.38. The van der Waals surface area contributed by atoms with Crippen LogP contribution in [-0.4, -0.2) is 36.8 Å². The van der Waals surface area contributed by atoms with Crippen molar-refractivity contribution >= 4 is 5.82 Å². The summed E-state index contributed by atoms with van der Waals surface area (Å²) in [5.41, 5.74) is 2.40. The Morgan fingerprint density at radius 2 is 2.13 bits per heavy atom. The Morgan fingerprint density at radius 3 is 2.87 bits per heavy atom. The zero-order valence-electron chi connectivity index (χ0n) is 13.5. The van der Waals surface area contributed by atoms with Crippen molar-refractivity contribution in [3.63, 3.8) is 0 Å². The highest BCUT2D eigenvalue weighted by Crippen LogP contribution is 2.24. The molecule has 1 aliphatic heterocycles. The van der Waals surface area contributed by atoms with Crippen LogP contribution in [0, 0.1) is 0 Å². The maximum atomic E-state index is 5.43. The lowest BCUT2D eigenvalue weighted by Crippen LogP contribution is -2.07. The molecule has 0 amide bonds. The molecule has 0 aliphatic carbocycles. The van der Waals surface area contributed by atoms with E-state index >= 15 is 0 Å². The summed E-state index contributed by atoms with van der Waals surface area (Å²) in [6.45, 7) is 2.50. The second-order valence-corrected chi connectivity index (χ2v) is 5.77. The van der Waals surface area contributed by atoms with Crippen LogP contribution in [0.15, 0.2) is 36.7 Å². The number of methoxy groups -OCH3 is 1. The van der Waals surface area contributed by atoms with E-state index in [1.54, 1.807) is 13.4 Å². The fourth-order valence-electron chi connectivity index (χ4n) is 2.76. The number of nitrogens with one attached hydrogen (secondary N) is 1. The third kappa shape index (κ3) is 4.42. The molecule has 2 aromatic rings. The SMILES string of the molecule is COc1ccc(CCCNc2cc([C@@H]3CCOC3)ncn2)cc1. The molecular formula is C18H23N3O2. The Balaban J connectivity index is 1.45. The minimum atomic E-state index is 0.415. The van der Waals surface area contributed by atoms with Gasteiger partial charge in [-0.05, 0) is 37.0 Å². The predicted molar refractivity (Wildman–Crippen MR) is 90.0 cm³/mol. The smallest absolute Gasteiger partial charge is 0.129 e. The molecule has 1 atom stereocenters. The number of aromatic nitrogens is 2. The summed E-state index contributed by atoms with van der Waals surface area (Å²) in [4.78, 5) is 8.67.